The van der Waals surface area contributed by atoms with E-state index in [4.69, 9.17) is 4.74 Å². The minimum atomic E-state index is -3.33. The molecular weight excluding hydrogens is 376 g/mol. The Bertz CT molecular complexity index is 951. The van der Waals surface area contributed by atoms with Gasteiger partial charge in [-0.3, -0.25) is 4.79 Å². The average molecular weight is 396 g/mol. The quantitative estimate of drug-likeness (QED) is 0.801. The maximum Gasteiger partial charge on any atom is 0.350 e. The van der Waals surface area contributed by atoms with Crippen molar-refractivity contribution in [3.63, 3.8) is 0 Å². The standard InChI is InChI=1S/C17H20N2O5S2/c1-24-17(21)15-14(12-7-3-4-8-13(12)25-15)18-16(20)11-6-5-9-19(10-11)26(2,22)23/h3-4,7-8,11H,5-6,9-10H2,1-2H3,(H,18,20)/t11-/m0/s1. The fourth-order valence-electron chi connectivity index (χ4n) is 3.09. The number of rotatable bonds is 4. The molecule has 0 spiro atoms. The molecule has 1 aromatic heterocycles. The maximum atomic E-state index is 12.8. The Hall–Kier alpha value is -1.97. The van der Waals surface area contributed by atoms with Gasteiger partial charge in [-0.05, 0) is 18.9 Å². The first kappa shape index (κ1) is 18.8. The van der Waals surface area contributed by atoms with Crippen LogP contribution in [-0.2, 0) is 19.6 Å². The van der Waals surface area contributed by atoms with Gasteiger partial charge in [0.25, 0.3) is 0 Å². The number of esters is 1. The Morgan fingerprint density at radius 2 is 2.04 bits per heavy atom. The predicted octanol–water partition coefficient (Wildman–Crippen LogP) is 2.30. The molecule has 1 amide bonds. The molecule has 0 aliphatic carbocycles. The number of hydrogen-bond acceptors (Lipinski definition) is 6. The second-order valence-electron chi connectivity index (χ2n) is 6.24. The molecule has 1 aliphatic heterocycles. The van der Waals surface area contributed by atoms with E-state index in [1.807, 2.05) is 24.3 Å². The van der Waals surface area contributed by atoms with Gasteiger partial charge in [-0.2, -0.15) is 0 Å². The summed E-state index contributed by atoms with van der Waals surface area (Å²) in [4.78, 5) is 25.2. The number of carbonyl (C=O) groups excluding carboxylic acids is 2. The second-order valence-corrected chi connectivity index (χ2v) is 9.28. The molecule has 140 valence electrons. The summed E-state index contributed by atoms with van der Waals surface area (Å²) >= 11 is 1.25. The largest absolute Gasteiger partial charge is 0.465 e. The molecule has 1 atom stereocenters. The number of carbonyl (C=O) groups is 2. The minimum absolute atomic E-state index is 0.153. The van der Waals surface area contributed by atoms with Gasteiger partial charge < -0.3 is 10.1 Å². The molecule has 1 aliphatic rings. The zero-order valence-corrected chi connectivity index (χ0v) is 16.2. The predicted molar refractivity (Wildman–Crippen MR) is 101 cm³/mol. The van der Waals surface area contributed by atoms with E-state index >= 15 is 0 Å². The van der Waals surface area contributed by atoms with Crippen LogP contribution in [0, 0.1) is 5.92 Å². The van der Waals surface area contributed by atoms with Crippen molar-refractivity contribution in [1.29, 1.82) is 0 Å². The van der Waals surface area contributed by atoms with Gasteiger partial charge in [-0.25, -0.2) is 17.5 Å². The maximum absolute atomic E-state index is 12.8. The third kappa shape index (κ3) is 3.74. The van der Waals surface area contributed by atoms with Gasteiger partial charge in [0.05, 0.1) is 25.0 Å². The van der Waals surface area contributed by atoms with Crippen LogP contribution in [-0.4, -0.2) is 51.1 Å². The molecule has 1 aromatic carbocycles. The van der Waals surface area contributed by atoms with Crippen molar-refractivity contribution in [2.24, 2.45) is 5.92 Å². The van der Waals surface area contributed by atoms with Crippen LogP contribution in [0.4, 0.5) is 5.69 Å². The summed E-state index contributed by atoms with van der Waals surface area (Å²) in [5.74, 6) is -1.25. The molecular formula is C17H20N2O5S2. The van der Waals surface area contributed by atoms with Crippen molar-refractivity contribution in [1.82, 2.24) is 4.31 Å². The van der Waals surface area contributed by atoms with Crippen LogP contribution < -0.4 is 5.32 Å². The first-order chi connectivity index (χ1) is 12.3. The lowest BCUT2D eigenvalue weighted by Gasteiger charge is -2.30. The van der Waals surface area contributed by atoms with Gasteiger partial charge in [0.2, 0.25) is 15.9 Å². The lowest BCUT2D eigenvalue weighted by Crippen LogP contribution is -2.43. The SMILES string of the molecule is COC(=O)c1sc2ccccc2c1NC(=O)[C@H]1CCCN(S(C)(=O)=O)C1. The van der Waals surface area contributed by atoms with E-state index in [0.717, 1.165) is 16.3 Å². The summed E-state index contributed by atoms with van der Waals surface area (Å²) in [7, 11) is -2.04. The van der Waals surface area contributed by atoms with E-state index in [1.54, 1.807) is 0 Å². The zero-order valence-electron chi connectivity index (χ0n) is 14.5. The van der Waals surface area contributed by atoms with Crippen molar-refractivity contribution in [3.8, 4) is 0 Å². The van der Waals surface area contributed by atoms with Gasteiger partial charge in [-0.15, -0.1) is 11.3 Å². The van der Waals surface area contributed by atoms with Crippen LogP contribution in [0.25, 0.3) is 10.1 Å². The normalized spacial score (nSPS) is 18.6. The first-order valence-electron chi connectivity index (χ1n) is 8.17. The number of anilines is 1. The Morgan fingerprint density at radius 3 is 2.73 bits per heavy atom. The van der Waals surface area contributed by atoms with Crippen molar-refractivity contribution in [2.45, 2.75) is 12.8 Å². The third-order valence-corrected chi connectivity index (χ3v) is 6.86. The number of sulfonamides is 1. The van der Waals surface area contributed by atoms with E-state index in [0.29, 0.717) is 30.0 Å². The second kappa shape index (κ2) is 7.34. The highest BCUT2D eigenvalue weighted by Gasteiger charge is 2.31. The molecule has 7 nitrogen and oxygen atoms in total. The average Bonchev–Trinajstić information content (AvgIpc) is 2.99. The first-order valence-corrected chi connectivity index (χ1v) is 10.8. The molecule has 0 saturated carbocycles. The monoisotopic (exact) mass is 396 g/mol. The molecule has 0 bridgehead atoms. The highest BCUT2D eigenvalue weighted by Crippen LogP contribution is 2.36. The van der Waals surface area contributed by atoms with Crippen molar-refractivity contribution < 1.29 is 22.7 Å². The van der Waals surface area contributed by atoms with Gasteiger partial charge in [0.1, 0.15) is 4.88 Å². The molecule has 2 aromatic rings. The van der Waals surface area contributed by atoms with Crippen LogP contribution >= 0.6 is 11.3 Å². The van der Waals surface area contributed by atoms with Crippen molar-refractivity contribution >= 4 is 49.0 Å². The van der Waals surface area contributed by atoms with Crippen LogP contribution in [0.15, 0.2) is 24.3 Å². The fraction of sp³-hybridized carbons (Fsp3) is 0.412. The third-order valence-electron chi connectivity index (χ3n) is 4.44. The Morgan fingerprint density at radius 1 is 1.31 bits per heavy atom. The van der Waals surface area contributed by atoms with Crippen molar-refractivity contribution in [2.75, 3.05) is 31.8 Å². The number of thiophene rings is 1. The van der Waals surface area contributed by atoms with Crippen molar-refractivity contribution in [3.05, 3.63) is 29.1 Å². The number of hydrogen-bond donors (Lipinski definition) is 1. The molecule has 9 heteroatoms. The van der Waals surface area contributed by atoms with Crippen LogP contribution in [0.1, 0.15) is 22.5 Å². The number of nitrogens with zero attached hydrogens (tertiary/aromatic N) is 1. The van der Waals surface area contributed by atoms with Gasteiger partial charge in [-0.1, -0.05) is 18.2 Å². The van der Waals surface area contributed by atoms with Gasteiger partial charge >= 0.3 is 5.97 Å². The molecule has 1 saturated heterocycles. The summed E-state index contributed by atoms with van der Waals surface area (Å²) in [6.45, 7) is 0.581. The molecule has 1 N–H and O–H groups in total. The summed E-state index contributed by atoms with van der Waals surface area (Å²) < 4.78 is 30.5. The molecule has 0 radical (unpaired) electrons. The highest BCUT2D eigenvalue weighted by molar-refractivity contribution is 7.88. The Balaban J connectivity index is 1.88. The lowest BCUT2D eigenvalue weighted by atomic mass is 9.98. The van der Waals surface area contributed by atoms with E-state index in [-0.39, 0.29) is 12.5 Å². The van der Waals surface area contributed by atoms with E-state index < -0.39 is 21.9 Å². The number of methoxy groups -OCH3 is 1. The summed E-state index contributed by atoms with van der Waals surface area (Å²) in [6.07, 6.45) is 2.38. The number of piperidine rings is 1. The van der Waals surface area contributed by atoms with E-state index in [9.17, 15) is 18.0 Å². The summed E-state index contributed by atoms with van der Waals surface area (Å²) in [5.41, 5.74) is 0.430. The molecule has 2 heterocycles. The Labute approximate surface area is 156 Å². The van der Waals surface area contributed by atoms with Gasteiger partial charge in [0.15, 0.2) is 0 Å². The smallest absolute Gasteiger partial charge is 0.350 e. The Kier molecular flexibility index (Phi) is 5.31. The number of benzene rings is 1. The fourth-order valence-corrected chi connectivity index (χ4v) is 5.08. The number of fused-ring (bicyclic) bond motifs is 1. The van der Waals surface area contributed by atoms with Gasteiger partial charge in [0, 0.05) is 23.2 Å². The van der Waals surface area contributed by atoms with E-state index in [1.165, 1.54) is 22.8 Å². The van der Waals surface area contributed by atoms with Crippen LogP contribution in [0.5, 0.6) is 0 Å². The number of amides is 1. The molecule has 26 heavy (non-hydrogen) atoms. The van der Waals surface area contributed by atoms with E-state index in [2.05, 4.69) is 5.32 Å². The molecule has 1 fully saturated rings. The summed E-state index contributed by atoms with van der Waals surface area (Å²) in [5, 5.41) is 3.61. The molecule has 3 rings (SSSR count). The zero-order chi connectivity index (χ0) is 18.9. The lowest BCUT2D eigenvalue weighted by molar-refractivity contribution is -0.120. The number of nitrogens with one attached hydrogen (secondary N) is 1. The number of ether oxygens (including phenoxy) is 1. The van der Waals surface area contributed by atoms with Crippen LogP contribution in [0.3, 0.4) is 0 Å². The summed E-state index contributed by atoms with van der Waals surface area (Å²) in [6, 6.07) is 7.39. The topological polar surface area (TPSA) is 92.8 Å². The molecule has 0 unspecified atom stereocenters. The minimum Gasteiger partial charge on any atom is -0.465 e. The van der Waals surface area contributed by atoms with Crippen LogP contribution in [0.2, 0.25) is 0 Å². The highest BCUT2D eigenvalue weighted by atomic mass is 32.2.